The number of ether oxygens (including phenoxy) is 1. The van der Waals surface area contributed by atoms with Crippen molar-refractivity contribution in [3.8, 4) is 17.3 Å². The fourth-order valence-corrected chi connectivity index (χ4v) is 6.55. The highest BCUT2D eigenvalue weighted by atomic mass is 32.1. The maximum Gasteiger partial charge on any atom is 0.309 e. The summed E-state index contributed by atoms with van der Waals surface area (Å²) in [5.74, 6) is -0.736. The summed E-state index contributed by atoms with van der Waals surface area (Å²) in [6.07, 6.45) is 1.23. The Kier molecular flexibility index (Phi) is 6.77. The smallest absolute Gasteiger partial charge is 0.309 e. The van der Waals surface area contributed by atoms with Crippen molar-refractivity contribution in [1.29, 1.82) is 0 Å². The molecule has 0 radical (unpaired) electrons. The summed E-state index contributed by atoms with van der Waals surface area (Å²) in [4.78, 5) is 25.7. The summed E-state index contributed by atoms with van der Waals surface area (Å²) in [6.45, 7) is 3.08. The highest BCUT2D eigenvalue weighted by molar-refractivity contribution is 7.17. The molecule has 2 N–H and O–H groups in total. The number of benzene rings is 1. The molecule has 1 aliphatic heterocycles. The summed E-state index contributed by atoms with van der Waals surface area (Å²) in [5, 5.41) is 4.38. The van der Waals surface area contributed by atoms with E-state index in [1.165, 1.54) is 16.8 Å². The number of thiazole rings is 1. The molecule has 42 heavy (non-hydrogen) atoms. The Labute approximate surface area is 240 Å². The molecule has 0 spiro atoms. The molecule has 1 aromatic carbocycles. The van der Waals surface area contributed by atoms with Crippen molar-refractivity contribution in [2.75, 3.05) is 43.4 Å². The Morgan fingerprint density at radius 2 is 1.90 bits per heavy atom. The zero-order chi connectivity index (χ0) is 29.0. The van der Waals surface area contributed by atoms with E-state index in [-0.39, 0.29) is 22.3 Å². The molecule has 5 aromatic rings. The fourth-order valence-electron chi connectivity index (χ4n) is 5.62. The second kappa shape index (κ2) is 10.6. The minimum Gasteiger partial charge on any atom is -0.484 e. The van der Waals surface area contributed by atoms with Gasteiger partial charge in [-0.3, -0.25) is 14.3 Å². The molecule has 1 saturated heterocycles. The highest BCUT2D eigenvalue weighted by Crippen LogP contribution is 2.33. The van der Waals surface area contributed by atoms with E-state index in [2.05, 4.69) is 20.0 Å². The Hall–Kier alpha value is -4.11. The molecule has 4 aromatic heterocycles. The van der Waals surface area contributed by atoms with E-state index < -0.39 is 23.9 Å². The number of halogens is 3. The maximum atomic E-state index is 14.8. The van der Waals surface area contributed by atoms with Gasteiger partial charge in [0.2, 0.25) is 11.8 Å². The Morgan fingerprint density at radius 3 is 2.64 bits per heavy atom. The van der Waals surface area contributed by atoms with Crippen LogP contribution in [-0.2, 0) is 6.54 Å². The molecule has 0 bridgehead atoms. The van der Waals surface area contributed by atoms with Crippen LogP contribution >= 0.6 is 11.3 Å². The largest absolute Gasteiger partial charge is 0.484 e. The summed E-state index contributed by atoms with van der Waals surface area (Å²) in [6, 6.07) is 5.60. The van der Waals surface area contributed by atoms with Gasteiger partial charge in [0.15, 0.2) is 28.6 Å². The van der Waals surface area contributed by atoms with Crippen LogP contribution in [0.3, 0.4) is 0 Å². The lowest BCUT2D eigenvalue weighted by Gasteiger charge is -2.36. The van der Waals surface area contributed by atoms with Crippen LogP contribution in [0.4, 0.5) is 24.8 Å². The number of aromatic nitrogens is 5. The summed E-state index contributed by atoms with van der Waals surface area (Å²) in [5.41, 5.74) is 7.26. The third kappa shape index (κ3) is 4.75. The number of rotatable bonds is 7. The molecule has 2 aliphatic rings. The van der Waals surface area contributed by atoms with Crippen molar-refractivity contribution in [2.45, 2.75) is 38.1 Å². The van der Waals surface area contributed by atoms with E-state index in [1.807, 2.05) is 4.90 Å². The summed E-state index contributed by atoms with van der Waals surface area (Å²) in [7, 11) is 0. The van der Waals surface area contributed by atoms with Crippen LogP contribution in [0.1, 0.15) is 19.3 Å². The summed E-state index contributed by atoms with van der Waals surface area (Å²) >= 11 is 1.03. The van der Waals surface area contributed by atoms with Gasteiger partial charge in [-0.1, -0.05) is 11.3 Å². The lowest BCUT2D eigenvalue weighted by Crippen LogP contribution is -2.47. The van der Waals surface area contributed by atoms with Crippen LogP contribution in [0.5, 0.6) is 5.75 Å². The van der Waals surface area contributed by atoms with E-state index in [4.69, 9.17) is 14.9 Å². The topological polar surface area (TPSA) is 120 Å². The number of furan rings is 1. The number of hydrogen-bond donors (Lipinski definition) is 1. The zero-order valence-corrected chi connectivity index (χ0v) is 23.2. The van der Waals surface area contributed by atoms with Gasteiger partial charge in [0.1, 0.15) is 22.8 Å². The van der Waals surface area contributed by atoms with Crippen molar-refractivity contribution in [2.24, 2.45) is 0 Å². The monoisotopic (exact) mass is 600 g/mol. The van der Waals surface area contributed by atoms with Gasteiger partial charge in [-0.15, -0.1) is 5.10 Å². The molecule has 7 rings (SSSR count). The van der Waals surface area contributed by atoms with Gasteiger partial charge in [-0.05, 0) is 31.4 Å². The zero-order valence-electron chi connectivity index (χ0n) is 22.4. The predicted octanol–water partition coefficient (Wildman–Crippen LogP) is 3.71. The van der Waals surface area contributed by atoms with E-state index in [0.717, 1.165) is 17.4 Å². The number of nitrogens with two attached hydrogens (primary N) is 1. The second-order valence-electron chi connectivity index (χ2n) is 10.5. The molecule has 2 atom stereocenters. The SMILES string of the molecule is Nc1nc2c(sc(=O)n2CCN2CCN(c3cc(O[C@@H]4CCC[C@@H]4F)c(F)cc3F)CC2)c2nc(-c3ccco3)nn12. The molecule has 0 amide bonds. The molecule has 1 aliphatic carbocycles. The quantitative estimate of drug-likeness (QED) is 0.298. The number of hydrogen-bond acceptors (Lipinski definition) is 10. The van der Waals surface area contributed by atoms with Crippen molar-refractivity contribution in [3.63, 3.8) is 0 Å². The molecular weight excluding hydrogens is 573 g/mol. The molecule has 5 heterocycles. The van der Waals surface area contributed by atoms with Crippen LogP contribution in [0.2, 0.25) is 0 Å². The summed E-state index contributed by atoms with van der Waals surface area (Å²) < 4.78 is 57.8. The second-order valence-corrected chi connectivity index (χ2v) is 11.4. The fraction of sp³-hybridized carbons (Fsp3) is 0.407. The molecule has 15 heteroatoms. The highest BCUT2D eigenvalue weighted by Gasteiger charge is 2.30. The van der Waals surface area contributed by atoms with Gasteiger partial charge in [0, 0.05) is 51.4 Å². The van der Waals surface area contributed by atoms with Crippen LogP contribution in [0, 0.1) is 11.6 Å². The first-order valence-electron chi connectivity index (χ1n) is 13.7. The first-order valence-corrected chi connectivity index (χ1v) is 14.5. The number of fused-ring (bicyclic) bond motifs is 3. The number of alkyl halides is 1. The molecule has 0 unspecified atom stereocenters. The van der Waals surface area contributed by atoms with Crippen LogP contribution < -0.4 is 20.2 Å². The Balaban J connectivity index is 1.04. The Bertz CT molecular complexity index is 1810. The van der Waals surface area contributed by atoms with Gasteiger partial charge in [0.05, 0.1) is 12.0 Å². The molecule has 2 fully saturated rings. The Morgan fingerprint density at radius 1 is 1.07 bits per heavy atom. The lowest BCUT2D eigenvalue weighted by molar-refractivity contribution is 0.120. The minimum absolute atomic E-state index is 0.0996. The van der Waals surface area contributed by atoms with Crippen LogP contribution in [0.15, 0.2) is 39.7 Å². The number of piperazine rings is 1. The minimum atomic E-state index is -1.15. The average Bonchev–Trinajstić information content (AvgIpc) is 3.77. The number of nitrogens with zero attached hydrogens (tertiary/aromatic N) is 7. The first kappa shape index (κ1) is 26.8. The van der Waals surface area contributed by atoms with E-state index in [9.17, 15) is 18.0 Å². The lowest BCUT2D eigenvalue weighted by atomic mass is 10.2. The molecule has 220 valence electrons. The van der Waals surface area contributed by atoms with E-state index in [1.54, 1.807) is 16.7 Å². The standard InChI is InChI=1S/C27H27F3N8O3S/c28-15-3-1-4-19(15)41-21-14-18(16(29)13-17(21)30)36-9-6-35(7-10-36)8-11-37-24-22(42-27(37)39)25-32-23(20-5-2-12-40-20)34-38(25)26(31)33-24/h2,5,12-15,19H,1,3-4,6-11H2,(H2,31,33)/t15-,19+/m0/s1. The van der Waals surface area contributed by atoms with Gasteiger partial charge in [-0.25, -0.2) is 18.2 Å². The maximum absolute atomic E-state index is 14.8. The van der Waals surface area contributed by atoms with E-state index in [0.29, 0.717) is 86.1 Å². The van der Waals surface area contributed by atoms with Gasteiger partial charge >= 0.3 is 4.87 Å². The molecule has 1 saturated carbocycles. The molecule has 11 nitrogen and oxygen atoms in total. The van der Waals surface area contributed by atoms with Crippen LogP contribution in [-0.4, -0.2) is 74.0 Å². The van der Waals surface area contributed by atoms with Gasteiger partial charge in [-0.2, -0.15) is 9.50 Å². The normalized spacial score (nSPS) is 19.8. The van der Waals surface area contributed by atoms with Gasteiger partial charge in [0.25, 0.3) is 0 Å². The van der Waals surface area contributed by atoms with Crippen molar-refractivity contribution in [3.05, 3.63) is 51.8 Å². The third-order valence-corrected chi connectivity index (χ3v) is 8.83. The first-order chi connectivity index (χ1) is 20.4. The average molecular weight is 601 g/mol. The predicted molar refractivity (Wildman–Crippen MR) is 151 cm³/mol. The number of nitrogen functional groups attached to an aromatic ring is 1. The van der Waals surface area contributed by atoms with Crippen molar-refractivity contribution < 1.29 is 22.3 Å². The third-order valence-electron chi connectivity index (χ3n) is 7.86. The van der Waals surface area contributed by atoms with Crippen LogP contribution in [0.25, 0.3) is 27.6 Å². The number of anilines is 2. The van der Waals surface area contributed by atoms with Crippen molar-refractivity contribution >= 4 is 39.0 Å². The van der Waals surface area contributed by atoms with Gasteiger partial charge < -0.3 is 19.8 Å². The molecular formula is C27H27F3N8O3S. The van der Waals surface area contributed by atoms with Crippen molar-refractivity contribution in [1.82, 2.24) is 29.0 Å². The van der Waals surface area contributed by atoms with E-state index >= 15 is 0 Å².